The van der Waals surface area contributed by atoms with Crippen LogP contribution in [0.4, 0.5) is 10.5 Å². The SMILES string of the molecule is Cc1ccc(C(C(=O)Nc2c(C)cccc2Cl)N(C(=O)C(Cc2ccccc2)NC(=O)OC(C)(C)C)C(C)(C)C)cc1. The van der Waals surface area contributed by atoms with Crippen LogP contribution in [0.1, 0.15) is 69.8 Å². The molecule has 0 aliphatic carbocycles. The standard InChI is InChI=1S/C34H42ClN3O4/c1-22-17-19-25(20-18-22)29(30(39)37-28-23(2)13-12-16-26(28)35)38(33(3,4)5)31(40)27(21-24-14-10-9-11-15-24)36-32(41)42-34(6,7)8/h9-20,27,29H,21H2,1-8H3,(H,36,41)(H,37,39). The predicted octanol–water partition coefficient (Wildman–Crippen LogP) is 7.40. The maximum absolute atomic E-state index is 14.6. The molecule has 224 valence electrons. The van der Waals surface area contributed by atoms with Crippen molar-refractivity contribution in [2.45, 2.75) is 85.0 Å². The smallest absolute Gasteiger partial charge is 0.408 e. The second kappa shape index (κ2) is 13.4. The van der Waals surface area contributed by atoms with Gasteiger partial charge in [0.1, 0.15) is 17.7 Å². The van der Waals surface area contributed by atoms with Gasteiger partial charge in [0.05, 0.1) is 10.7 Å². The summed E-state index contributed by atoms with van der Waals surface area (Å²) in [5.74, 6) is -0.845. The third-order valence-electron chi connectivity index (χ3n) is 6.60. The molecule has 0 saturated carbocycles. The van der Waals surface area contributed by atoms with Gasteiger partial charge in [0.2, 0.25) is 5.91 Å². The summed E-state index contributed by atoms with van der Waals surface area (Å²) in [5, 5.41) is 6.17. The predicted molar refractivity (Wildman–Crippen MR) is 169 cm³/mol. The lowest BCUT2D eigenvalue weighted by atomic mass is 9.93. The van der Waals surface area contributed by atoms with Gasteiger partial charge in [-0.05, 0) is 78.1 Å². The molecule has 0 spiro atoms. The van der Waals surface area contributed by atoms with E-state index in [1.807, 2.05) is 101 Å². The van der Waals surface area contributed by atoms with Crippen molar-refractivity contribution in [1.29, 1.82) is 0 Å². The Kier molecular flexibility index (Phi) is 10.4. The van der Waals surface area contributed by atoms with Crippen LogP contribution in [0.2, 0.25) is 5.02 Å². The van der Waals surface area contributed by atoms with Crippen molar-refractivity contribution in [2.24, 2.45) is 0 Å². The van der Waals surface area contributed by atoms with Gasteiger partial charge in [-0.2, -0.15) is 0 Å². The number of hydrogen-bond acceptors (Lipinski definition) is 4. The Morgan fingerprint density at radius 3 is 2.02 bits per heavy atom. The molecule has 0 bridgehead atoms. The lowest BCUT2D eigenvalue weighted by Crippen LogP contribution is -2.58. The monoisotopic (exact) mass is 591 g/mol. The molecule has 0 aromatic heterocycles. The molecule has 0 saturated heterocycles. The van der Waals surface area contributed by atoms with Gasteiger partial charge >= 0.3 is 6.09 Å². The first-order chi connectivity index (χ1) is 19.6. The quantitative estimate of drug-likeness (QED) is 0.286. The van der Waals surface area contributed by atoms with E-state index >= 15 is 0 Å². The van der Waals surface area contributed by atoms with E-state index in [0.29, 0.717) is 16.3 Å². The van der Waals surface area contributed by atoms with Crippen molar-refractivity contribution >= 4 is 35.2 Å². The minimum absolute atomic E-state index is 0.206. The molecule has 2 unspecified atom stereocenters. The summed E-state index contributed by atoms with van der Waals surface area (Å²) < 4.78 is 5.52. The number of aryl methyl sites for hydroxylation is 2. The number of benzene rings is 3. The Hall–Kier alpha value is -3.84. The summed E-state index contributed by atoms with van der Waals surface area (Å²) in [6.45, 7) is 14.7. The molecule has 0 fully saturated rings. The Labute approximate surface area is 254 Å². The molecular formula is C34H42ClN3O4. The van der Waals surface area contributed by atoms with Crippen LogP contribution in [0.25, 0.3) is 0 Å². The minimum atomic E-state index is -1.03. The van der Waals surface area contributed by atoms with Crippen molar-refractivity contribution in [1.82, 2.24) is 10.2 Å². The van der Waals surface area contributed by atoms with Crippen molar-refractivity contribution in [3.63, 3.8) is 0 Å². The first-order valence-corrected chi connectivity index (χ1v) is 14.4. The van der Waals surface area contributed by atoms with Crippen LogP contribution in [0.5, 0.6) is 0 Å². The number of hydrogen-bond donors (Lipinski definition) is 2. The number of amides is 3. The van der Waals surface area contributed by atoms with Gasteiger partial charge in [0.25, 0.3) is 5.91 Å². The van der Waals surface area contributed by atoms with Gasteiger partial charge < -0.3 is 20.3 Å². The molecule has 2 atom stereocenters. The molecular weight excluding hydrogens is 550 g/mol. The summed E-state index contributed by atoms with van der Waals surface area (Å²) in [4.78, 5) is 43.3. The van der Waals surface area contributed by atoms with Gasteiger partial charge in [-0.15, -0.1) is 0 Å². The highest BCUT2D eigenvalue weighted by atomic mass is 35.5. The molecule has 3 aromatic rings. The van der Waals surface area contributed by atoms with Crippen LogP contribution < -0.4 is 10.6 Å². The van der Waals surface area contributed by atoms with Crippen molar-refractivity contribution < 1.29 is 19.1 Å². The topological polar surface area (TPSA) is 87.7 Å². The number of carbonyl (C=O) groups is 3. The molecule has 0 aliphatic rings. The number of carbonyl (C=O) groups excluding carboxylic acids is 3. The van der Waals surface area contributed by atoms with Crippen LogP contribution in [-0.2, 0) is 20.7 Å². The van der Waals surface area contributed by atoms with Crippen molar-refractivity contribution in [3.8, 4) is 0 Å². The van der Waals surface area contributed by atoms with Gasteiger partial charge in [-0.25, -0.2) is 4.79 Å². The maximum atomic E-state index is 14.6. The fourth-order valence-corrected chi connectivity index (χ4v) is 4.93. The first-order valence-electron chi connectivity index (χ1n) is 14.1. The minimum Gasteiger partial charge on any atom is -0.444 e. The van der Waals surface area contributed by atoms with E-state index in [1.54, 1.807) is 31.7 Å². The molecule has 3 amide bonds. The zero-order chi connectivity index (χ0) is 31.2. The molecule has 2 N–H and O–H groups in total. The van der Waals surface area contributed by atoms with Gasteiger partial charge in [0, 0.05) is 12.0 Å². The van der Waals surface area contributed by atoms with Crippen molar-refractivity contribution in [3.05, 3.63) is 100 Å². The highest BCUT2D eigenvalue weighted by molar-refractivity contribution is 6.34. The molecule has 8 heteroatoms. The van der Waals surface area contributed by atoms with Crippen molar-refractivity contribution in [2.75, 3.05) is 5.32 Å². The molecule has 42 heavy (non-hydrogen) atoms. The summed E-state index contributed by atoms with van der Waals surface area (Å²) in [6.07, 6.45) is -0.508. The van der Waals surface area contributed by atoms with E-state index < -0.39 is 41.1 Å². The third kappa shape index (κ3) is 8.83. The van der Waals surface area contributed by atoms with E-state index in [4.69, 9.17) is 16.3 Å². The van der Waals surface area contributed by atoms with Crippen LogP contribution in [-0.4, -0.2) is 40.0 Å². The summed E-state index contributed by atoms with van der Waals surface area (Å²) in [5.41, 5.74) is 2.18. The lowest BCUT2D eigenvalue weighted by molar-refractivity contribution is -0.146. The third-order valence-corrected chi connectivity index (χ3v) is 6.92. The lowest BCUT2D eigenvalue weighted by Gasteiger charge is -2.43. The molecule has 0 heterocycles. The highest BCUT2D eigenvalue weighted by Crippen LogP contribution is 2.33. The average molecular weight is 592 g/mol. The number of halogens is 1. The van der Waals surface area contributed by atoms with Crippen LogP contribution in [0.3, 0.4) is 0 Å². The zero-order valence-electron chi connectivity index (χ0n) is 25.7. The normalized spacial score (nSPS) is 13.1. The number of ether oxygens (including phenoxy) is 1. The highest BCUT2D eigenvalue weighted by Gasteiger charge is 2.42. The van der Waals surface area contributed by atoms with E-state index in [1.165, 1.54) is 0 Å². The Bertz CT molecular complexity index is 1370. The molecule has 3 aromatic carbocycles. The molecule has 3 rings (SSSR count). The van der Waals surface area contributed by atoms with Crippen LogP contribution in [0, 0.1) is 13.8 Å². The number of nitrogens with one attached hydrogen (secondary N) is 2. The number of nitrogens with zero attached hydrogens (tertiary/aromatic N) is 1. The summed E-state index contributed by atoms with van der Waals surface area (Å²) in [7, 11) is 0. The van der Waals surface area contributed by atoms with E-state index in [0.717, 1.165) is 16.7 Å². The fourth-order valence-electron chi connectivity index (χ4n) is 4.66. The molecule has 0 radical (unpaired) electrons. The van der Waals surface area contributed by atoms with Gasteiger partial charge in [-0.1, -0.05) is 83.9 Å². The zero-order valence-corrected chi connectivity index (χ0v) is 26.5. The average Bonchev–Trinajstić information content (AvgIpc) is 2.88. The second-order valence-electron chi connectivity index (χ2n) is 12.5. The fraction of sp³-hybridized carbons (Fsp3) is 0.382. The molecule has 0 aliphatic heterocycles. The largest absolute Gasteiger partial charge is 0.444 e. The Morgan fingerprint density at radius 1 is 0.857 bits per heavy atom. The van der Waals surface area contributed by atoms with Gasteiger partial charge in [-0.3, -0.25) is 9.59 Å². The number of anilines is 1. The first kappa shape index (κ1) is 32.7. The Morgan fingerprint density at radius 2 is 1.48 bits per heavy atom. The number of rotatable bonds is 8. The van der Waals surface area contributed by atoms with E-state index in [9.17, 15) is 14.4 Å². The van der Waals surface area contributed by atoms with E-state index in [-0.39, 0.29) is 6.42 Å². The molecule has 7 nitrogen and oxygen atoms in total. The second-order valence-corrected chi connectivity index (χ2v) is 12.9. The summed E-state index contributed by atoms with van der Waals surface area (Å²) >= 11 is 6.47. The van der Waals surface area contributed by atoms with Crippen LogP contribution >= 0.6 is 11.6 Å². The summed E-state index contributed by atoms with van der Waals surface area (Å²) in [6, 6.07) is 20.3. The van der Waals surface area contributed by atoms with E-state index in [2.05, 4.69) is 10.6 Å². The van der Waals surface area contributed by atoms with Crippen LogP contribution in [0.15, 0.2) is 72.8 Å². The number of para-hydroxylation sites is 1. The number of alkyl carbamates (subject to hydrolysis) is 1. The Balaban J connectivity index is 2.12. The van der Waals surface area contributed by atoms with Gasteiger partial charge in [0.15, 0.2) is 0 Å². The maximum Gasteiger partial charge on any atom is 0.408 e.